The van der Waals surface area contributed by atoms with E-state index in [9.17, 15) is 4.79 Å². The van der Waals surface area contributed by atoms with Crippen LogP contribution < -0.4 is 5.32 Å². The summed E-state index contributed by atoms with van der Waals surface area (Å²) in [7, 11) is 0. The summed E-state index contributed by atoms with van der Waals surface area (Å²) in [5.41, 5.74) is 2.31. The lowest BCUT2D eigenvalue weighted by molar-refractivity contribution is 0.102. The second kappa shape index (κ2) is 6.67. The molecular formula is C18H18N4OS. The van der Waals surface area contributed by atoms with Crippen molar-refractivity contribution in [2.24, 2.45) is 0 Å². The van der Waals surface area contributed by atoms with E-state index in [2.05, 4.69) is 20.2 Å². The third-order valence-corrected chi connectivity index (χ3v) is 5.04. The molecule has 3 heterocycles. The van der Waals surface area contributed by atoms with Crippen LogP contribution in [0, 0.1) is 0 Å². The zero-order chi connectivity index (χ0) is 16.4. The lowest BCUT2D eigenvalue weighted by Gasteiger charge is -2.11. The molecule has 1 amide bonds. The van der Waals surface area contributed by atoms with Crippen LogP contribution in [0.25, 0.3) is 10.9 Å². The van der Waals surface area contributed by atoms with Crippen molar-refractivity contribution in [1.82, 2.24) is 14.9 Å². The van der Waals surface area contributed by atoms with Crippen molar-refractivity contribution < 1.29 is 4.79 Å². The number of benzene rings is 1. The molecule has 5 nitrogen and oxygen atoms in total. The van der Waals surface area contributed by atoms with Gasteiger partial charge in [-0.2, -0.15) is 0 Å². The van der Waals surface area contributed by atoms with Gasteiger partial charge >= 0.3 is 0 Å². The van der Waals surface area contributed by atoms with Gasteiger partial charge in [-0.15, -0.1) is 11.3 Å². The van der Waals surface area contributed by atoms with Gasteiger partial charge in [-0.1, -0.05) is 18.2 Å². The second-order valence-electron chi connectivity index (χ2n) is 5.96. The summed E-state index contributed by atoms with van der Waals surface area (Å²) in [6.45, 7) is 3.14. The quantitative estimate of drug-likeness (QED) is 0.790. The molecule has 1 aliphatic heterocycles. The van der Waals surface area contributed by atoms with E-state index in [0.717, 1.165) is 30.7 Å². The molecule has 1 saturated heterocycles. The van der Waals surface area contributed by atoms with Crippen molar-refractivity contribution in [3.05, 3.63) is 53.2 Å². The Labute approximate surface area is 144 Å². The minimum atomic E-state index is -0.165. The van der Waals surface area contributed by atoms with Crippen molar-refractivity contribution in [3.8, 4) is 0 Å². The van der Waals surface area contributed by atoms with Crippen molar-refractivity contribution in [2.45, 2.75) is 19.4 Å². The zero-order valence-electron chi connectivity index (χ0n) is 13.2. The molecule has 0 aliphatic carbocycles. The van der Waals surface area contributed by atoms with Crippen LogP contribution in [0.5, 0.6) is 0 Å². The number of anilines is 1. The molecule has 2 aromatic heterocycles. The van der Waals surface area contributed by atoms with Gasteiger partial charge in [-0.3, -0.25) is 20.0 Å². The topological polar surface area (TPSA) is 58.1 Å². The van der Waals surface area contributed by atoms with Gasteiger partial charge in [-0.05, 0) is 38.1 Å². The summed E-state index contributed by atoms with van der Waals surface area (Å²) in [5.74, 6) is -0.165. The first-order valence-corrected chi connectivity index (χ1v) is 8.99. The zero-order valence-corrected chi connectivity index (χ0v) is 14.1. The smallest absolute Gasteiger partial charge is 0.259 e. The third-order valence-electron chi connectivity index (χ3n) is 4.23. The Balaban J connectivity index is 1.50. The molecule has 1 fully saturated rings. The van der Waals surface area contributed by atoms with E-state index in [1.54, 1.807) is 12.3 Å². The Morgan fingerprint density at radius 3 is 2.92 bits per heavy atom. The number of rotatable bonds is 4. The minimum Gasteiger partial charge on any atom is -0.298 e. The minimum absolute atomic E-state index is 0.165. The van der Waals surface area contributed by atoms with E-state index < -0.39 is 0 Å². The van der Waals surface area contributed by atoms with Crippen molar-refractivity contribution in [3.63, 3.8) is 0 Å². The van der Waals surface area contributed by atoms with Gasteiger partial charge in [0.2, 0.25) is 0 Å². The molecule has 24 heavy (non-hydrogen) atoms. The molecular weight excluding hydrogens is 320 g/mol. The first-order chi connectivity index (χ1) is 11.8. The highest BCUT2D eigenvalue weighted by Gasteiger charge is 2.15. The fourth-order valence-electron chi connectivity index (χ4n) is 3.06. The molecule has 0 spiro atoms. The summed E-state index contributed by atoms with van der Waals surface area (Å²) in [6.07, 6.45) is 4.24. The average Bonchev–Trinajstić information content (AvgIpc) is 3.27. The number of nitrogens with one attached hydrogen (secondary N) is 1. The van der Waals surface area contributed by atoms with E-state index in [0.29, 0.717) is 16.2 Å². The van der Waals surface area contributed by atoms with Gasteiger partial charge in [0.15, 0.2) is 5.13 Å². The van der Waals surface area contributed by atoms with Gasteiger partial charge in [0.25, 0.3) is 5.91 Å². The summed E-state index contributed by atoms with van der Waals surface area (Å²) in [6, 6.07) is 9.45. The first kappa shape index (κ1) is 15.2. The highest BCUT2D eigenvalue weighted by molar-refractivity contribution is 7.14. The van der Waals surface area contributed by atoms with Crippen LogP contribution >= 0.6 is 11.3 Å². The maximum absolute atomic E-state index is 12.6. The van der Waals surface area contributed by atoms with E-state index in [-0.39, 0.29) is 5.91 Å². The molecule has 0 saturated carbocycles. The summed E-state index contributed by atoms with van der Waals surface area (Å²) < 4.78 is 0. The van der Waals surface area contributed by atoms with Gasteiger partial charge in [0, 0.05) is 23.5 Å². The third kappa shape index (κ3) is 3.16. The molecule has 1 aromatic carbocycles. The number of nitrogens with zero attached hydrogens (tertiary/aromatic N) is 3. The maximum atomic E-state index is 12.6. The first-order valence-electron chi connectivity index (χ1n) is 8.11. The van der Waals surface area contributed by atoms with E-state index >= 15 is 0 Å². The van der Waals surface area contributed by atoms with Crippen LogP contribution in [0.2, 0.25) is 0 Å². The van der Waals surface area contributed by atoms with Crippen molar-refractivity contribution >= 4 is 33.3 Å². The predicted molar refractivity (Wildman–Crippen MR) is 96.3 cm³/mol. The SMILES string of the molecule is O=C(Nc1nc(CN2CCCC2)cs1)c1cccc2cccnc12. The summed E-state index contributed by atoms with van der Waals surface area (Å²) in [5, 5.41) is 6.53. The largest absolute Gasteiger partial charge is 0.298 e. The Morgan fingerprint density at radius 1 is 1.21 bits per heavy atom. The van der Waals surface area contributed by atoms with E-state index in [1.807, 2.05) is 29.6 Å². The normalized spacial score (nSPS) is 15.0. The number of para-hydroxylation sites is 1. The van der Waals surface area contributed by atoms with Crippen LogP contribution in [0.1, 0.15) is 28.9 Å². The molecule has 3 aromatic rings. The Bertz CT molecular complexity index is 865. The van der Waals surface area contributed by atoms with Gasteiger partial charge < -0.3 is 0 Å². The molecule has 6 heteroatoms. The Hall–Kier alpha value is -2.31. The fraction of sp³-hybridized carbons (Fsp3) is 0.278. The number of amides is 1. The maximum Gasteiger partial charge on any atom is 0.259 e. The average molecular weight is 338 g/mol. The van der Waals surface area contributed by atoms with Crippen LogP contribution in [-0.2, 0) is 6.54 Å². The van der Waals surface area contributed by atoms with Crippen LogP contribution in [0.4, 0.5) is 5.13 Å². The lowest BCUT2D eigenvalue weighted by Crippen LogP contribution is -2.18. The van der Waals surface area contributed by atoms with Crippen LogP contribution in [0.15, 0.2) is 41.9 Å². The highest BCUT2D eigenvalue weighted by Crippen LogP contribution is 2.21. The molecule has 0 unspecified atom stereocenters. The molecule has 4 rings (SSSR count). The standard InChI is InChI=1S/C18H18N4OS/c23-17(15-7-3-5-13-6-4-8-19-16(13)15)21-18-20-14(12-24-18)11-22-9-1-2-10-22/h3-8,12H,1-2,9-11H2,(H,20,21,23). The number of carbonyl (C=O) groups is 1. The predicted octanol–water partition coefficient (Wildman–Crippen LogP) is 3.54. The highest BCUT2D eigenvalue weighted by atomic mass is 32.1. The summed E-state index contributed by atoms with van der Waals surface area (Å²) in [4.78, 5) is 23.9. The number of hydrogen-bond donors (Lipinski definition) is 1. The molecule has 0 radical (unpaired) electrons. The lowest BCUT2D eigenvalue weighted by atomic mass is 10.1. The molecule has 1 N–H and O–H groups in total. The van der Waals surface area contributed by atoms with Crippen molar-refractivity contribution in [2.75, 3.05) is 18.4 Å². The van der Waals surface area contributed by atoms with Crippen LogP contribution in [-0.4, -0.2) is 33.9 Å². The molecule has 0 bridgehead atoms. The molecule has 122 valence electrons. The number of carbonyl (C=O) groups excluding carboxylic acids is 1. The van der Waals surface area contributed by atoms with Gasteiger partial charge in [-0.25, -0.2) is 4.98 Å². The number of hydrogen-bond acceptors (Lipinski definition) is 5. The Morgan fingerprint density at radius 2 is 2.04 bits per heavy atom. The van der Waals surface area contributed by atoms with Crippen molar-refractivity contribution in [1.29, 1.82) is 0 Å². The number of thiazole rings is 1. The fourth-order valence-corrected chi connectivity index (χ4v) is 3.76. The number of aromatic nitrogens is 2. The van der Waals surface area contributed by atoms with Gasteiger partial charge in [0.05, 0.1) is 16.8 Å². The van der Waals surface area contributed by atoms with E-state index in [1.165, 1.54) is 24.2 Å². The van der Waals surface area contributed by atoms with Crippen LogP contribution in [0.3, 0.4) is 0 Å². The number of fused-ring (bicyclic) bond motifs is 1. The number of pyridine rings is 1. The second-order valence-corrected chi connectivity index (χ2v) is 6.82. The Kier molecular flexibility index (Phi) is 4.23. The molecule has 1 aliphatic rings. The number of likely N-dealkylation sites (tertiary alicyclic amines) is 1. The monoisotopic (exact) mass is 338 g/mol. The van der Waals surface area contributed by atoms with Gasteiger partial charge in [0.1, 0.15) is 0 Å². The summed E-state index contributed by atoms with van der Waals surface area (Å²) >= 11 is 1.47. The molecule has 0 atom stereocenters. The van der Waals surface area contributed by atoms with E-state index in [4.69, 9.17) is 0 Å².